The highest BCUT2D eigenvalue weighted by atomic mass is 32.2. The SMILES string of the molecule is CC(=O)CCSc1ccc(C(=O)O)cc1C. The van der Waals surface area contributed by atoms with Crippen LogP contribution in [-0.2, 0) is 4.79 Å². The molecule has 0 aliphatic carbocycles. The molecule has 3 nitrogen and oxygen atoms in total. The van der Waals surface area contributed by atoms with Crippen LogP contribution in [0.4, 0.5) is 0 Å². The molecular formula is C12H14O3S. The molecule has 86 valence electrons. The molecule has 0 saturated heterocycles. The molecule has 1 rings (SSSR count). The highest BCUT2D eigenvalue weighted by Crippen LogP contribution is 2.23. The van der Waals surface area contributed by atoms with Crippen molar-refractivity contribution in [3.63, 3.8) is 0 Å². The van der Waals surface area contributed by atoms with Gasteiger partial charge in [-0.3, -0.25) is 4.79 Å². The fourth-order valence-corrected chi connectivity index (χ4v) is 2.31. The Hall–Kier alpha value is -1.29. The molecule has 0 aliphatic heterocycles. The first-order chi connectivity index (χ1) is 7.50. The van der Waals surface area contributed by atoms with Crippen LogP contribution in [0, 0.1) is 6.92 Å². The minimum absolute atomic E-state index is 0.173. The van der Waals surface area contributed by atoms with Crippen LogP contribution in [0.5, 0.6) is 0 Å². The third kappa shape index (κ3) is 3.70. The molecule has 0 aliphatic rings. The number of aryl methyl sites for hydroxylation is 1. The first-order valence-electron chi connectivity index (χ1n) is 4.97. The minimum Gasteiger partial charge on any atom is -0.478 e. The first kappa shape index (κ1) is 12.8. The van der Waals surface area contributed by atoms with E-state index in [0.29, 0.717) is 12.0 Å². The molecule has 0 bridgehead atoms. The number of Topliss-reactive ketones (excluding diaryl/α,β-unsaturated/α-hetero) is 1. The Balaban J connectivity index is 2.68. The van der Waals surface area contributed by atoms with Crippen molar-refractivity contribution in [3.8, 4) is 0 Å². The van der Waals surface area contributed by atoms with Crippen molar-refractivity contribution in [1.82, 2.24) is 0 Å². The lowest BCUT2D eigenvalue weighted by Crippen LogP contribution is -1.97. The van der Waals surface area contributed by atoms with Crippen molar-refractivity contribution in [1.29, 1.82) is 0 Å². The van der Waals surface area contributed by atoms with Gasteiger partial charge < -0.3 is 5.11 Å². The second kappa shape index (κ2) is 5.70. The Morgan fingerprint density at radius 1 is 1.38 bits per heavy atom. The second-order valence-corrected chi connectivity index (χ2v) is 4.72. The molecule has 0 fully saturated rings. The number of hydrogen-bond acceptors (Lipinski definition) is 3. The van der Waals surface area contributed by atoms with Crippen molar-refractivity contribution in [3.05, 3.63) is 29.3 Å². The van der Waals surface area contributed by atoms with Gasteiger partial charge in [0, 0.05) is 17.1 Å². The van der Waals surface area contributed by atoms with E-state index in [2.05, 4.69) is 0 Å². The molecule has 0 spiro atoms. The maximum atomic E-state index is 10.8. The van der Waals surface area contributed by atoms with Crippen LogP contribution in [0.25, 0.3) is 0 Å². The van der Waals surface area contributed by atoms with E-state index >= 15 is 0 Å². The largest absolute Gasteiger partial charge is 0.478 e. The standard InChI is InChI=1S/C12H14O3S/c1-8-7-10(12(14)15)3-4-11(8)16-6-5-9(2)13/h3-4,7H,5-6H2,1-2H3,(H,14,15). The zero-order valence-electron chi connectivity index (χ0n) is 9.32. The van der Waals surface area contributed by atoms with E-state index in [9.17, 15) is 9.59 Å². The Kier molecular flexibility index (Phi) is 4.55. The summed E-state index contributed by atoms with van der Waals surface area (Å²) in [7, 11) is 0. The fraction of sp³-hybridized carbons (Fsp3) is 0.333. The van der Waals surface area contributed by atoms with Crippen molar-refractivity contribution in [2.45, 2.75) is 25.2 Å². The Labute approximate surface area is 98.9 Å². The summed E-state index contributed by atoms with van der Waals surface area (Å²) in [6.45, 7) is 3.45. The number of benzene rings is 1. The van der Waals surface area contributed by atoms with Crippen LogP contribution in [0.1, 0.15) is 29.3 Å². The highest BCUT2D eigenvalue weighted by Gasteiger charge is 2.06. The Morgan fingerprint density at radius 2 is 2.06 bits per heavy atom. The fourth-order valence-electron chi connectivity index (χ4n) is 1.25. The van der Waals surface area contributed by atoms with Gasteiger partial charge in [0.15, 0.2) is 0 Å². The zero-order valence-corrected chi connectivity index (χ0v) is 10.1. The van der Waals surface area contributed by atoms with E-state index in [1.54, 1.807) is 36.9 Å². The molecule has 1 aromatic carbocycles. The Bertz CT molecular complexity index is 413. The number of rotatable bonds is 5. The smallest absolute Gasteiger partial charge is 0.335 e. The molecule has 16 heavy (non-hydrogen) atoms. The van der Waals surface area contributed by atoms with Crippen molar-refractivity contribution < 1.29 is 14.7 Å². The van der Waals surface area contributed by atoms with Crippen LogP contribution in [0.3, 0.4) is 0 Å². The summed E-state index contributed by atoms with van der Waals surface area (Å²) in [6.07, 6.45) is 0.546. The van der Waals surface area contributed by atoms with E-state index in [-0.39, 0.29) is 5.78 Å². The lowest BCUT2D eigenvalue weighted by molar-refractivity contribution is -0.116. The van der Waals surface area contributed by atoms with Gasteiger partial charge >= 0.3 is 5.97 Å². The lowest BCUT2D eigenvalue weighted by Gasteiger charge is -2.05. The number of carbonyl (C=O) groups excluding carboxylic acids is 1. The van der Waals surface area contributed by atoms with E-state index in [1.165, 1.54) is 0 Å². The minimum atomic E-state index is -0.914. The number of thioether (sulfide) groups is 1. The monoisotopic (exact) mass is 238 g/mol. The summed E-state index contributed by atoms with van der Waals surface area (Å²) in [5.41, 5.74) is 1.24. The zero-order chi connectivity index (χ0) is 12.1. The average molecular weight is 238 g/mol. The van der Waals surface area contributed by atoms with Crippen LogP contribution in [-0.4, -0.2) is 22.6 Å². The molecule has 0 saturated carbocycles. The van der Waals surface area contributed by atoms with Crippen molar-refractivity contribution in [2.24, 2.45) is 0 Å². The maximum absolute atomic E-state index is 10.8. The van der Waals surface area contributed by atoms with Crippen molar-refractivity contribution in [2.75, 3.05) is 5.75 Å². The molecule has 4 heteroatoms. The third-order valence-electron chi connectivity index (χ3n) is 2.13. The third-order valence-corrected chi connectivity index (χ3v) is 3.31. The van der Waals surface area contributed by atoms with Gasteiger partial charge in [0.2, 0.25) is 0 Å². The van der Waals surface area contributed by atoms with Crippen LogP contribution in [0.2, 0.25) is 0 Å². The summed E-state index contributed by atoms with van der Waals surface area (Å²) >= 11 is 1.58. The normalized spacial score (nSPS) is 10.1. The molecular weight excluding hydrogens is 224 g/mol. The predicted molar refractivity (Wildman–Crippen MR) is 64.2 cm³/mol. The number of hydrogen-bond donors (Lipinski definition) is 1. The van der Waals surface area contributed by atoms with Gasteiger partial charge in [-0.2, -0.15) is 0 Å². The van der Waals surface area contributed by atoms with E-state index in [1.807, 2.05) is 6.92 Å². The van der Waals surface area contributed by atoms with Gasteiger partial charge in [-0.1, -0.05) is 0 Å². The molecule has 1 aromatic rings. The van der Waals surface area contributed by atoms with Gasteiger partial charge in [-0.25, -0.2) is 4.79 Å². The first-order valence-corrected chi connectivity index (χ1v) is 5.95. The predicted octanol–water partition coefficient (Wildman–Crippen LogP) is 2.76. The summed E-state index contributed by atoms with van der Waals surface area (Å²) in [5.74, 6) is -0.00142. The Morgan fingerprint density at radius 3 is 2.56 bits per heavy atom. The number of aromatic carboxylic acids is 1. The summed E-state index contributed by atoms with van der Waals surface area (Å²) in [4.78, 5) is 22.5. The van der Waals surface area contributed by atoms with Crippen LogP contribution in [0.15, 0.2) is 23.1 Å². The maximum Gasteiger partial charge on any atom is 0.335 e. The highest BCUT2D eigenvalue weighted by molar-refractivity contribution is 7.99. The van der Waals surface area contributed by atoms with Crippen molar-refractivity contribution >= 4 is 23.5 Å². The summed E-state index contributed by atoms with van der Waals surface area (Å²) in [6, 6.07) is 5.04. The quantitative estimate of drug-likeness (QED) is 0.801. The molecule has 0 amide bonds. The van der Waals surface area contributed by atoms with Gasteiger partial charge in [-0.15, -0.1) is 11.8 Å². The van der Waals surface area contributed by atoms with Gasteiger partial charge in [0.1, 0.15) is 5.78 Å². The number of carbonyl (C=O) groups is 2. The topological polar surface area (TPSA) is 54.4 Å². The number of ketones is 1. The molecule has 0 aromatic heterocycles. The van der Waals surface area contributed by atoms with Gasteiger partial charge in [0.05, 0.1) is 5.56 Å². The van der Waals surface area contributed by atoms with Gasteiger partial charge in [0.25, 0.3) is 0 Å². The number of carboxylic acid groups (broad SMARTS) is 1. The lowest BCUT2D eigenvalue weighted by atomic mass is 10.1. The average Bonchev–Trinajstić information content (AvgIpc) is 2.19. The number of carboxylic acids is 1. The molecule has 0 unspecified atom stereocenters. The summed E-state index contributed by atoms with van der Waals surface area (Å²) < 4.78 is 0. The second-order valence-electron chi connectivity index (χ2n) is 3.59. The van der Waals surface area contributed by atoms with Crippen LogP contribution >= 0.6 is 11.8 Å². The molecule has 0 atom stereocenters. The van der Waals surface area contributed by atoms with E-state index in [4.69, 9.17) is 5.11 Å². The van der Waals surface area contributed by atoms with E-state index in [0.717, 1.165) is 16.2 Å². The molecule has 0 heterocycles. The van der Waals surface area contributed by atoms with E-state index < -0.39 is 5.97 Å². The van der Waals surface area contributed by atoms with Gasteiger partial charge in [-0.05, 0) is 37.6 Å². The van der Waals surface area contributed by atoms with Crippen LogP contribution < -0.4 is 0 Å². The molecule has 1 N–H and O–H groups in total. The molecule has 0 radical (unpaired) electrons. The summed E-state index contributed by atoms with van der Waals surface area (Å²) in [5, 5.41) is 8.80.